The van der Waals surface area contributed by atoms with Crippen molar-refractivity contribution in [2.24, 2.45) is 0 Å². The predicted octanol–water partition coefficient (Wildman–Crippen LogP) is 1.64. The zero-order valence-electron chi connectivity index (χ0n) is 7.49. The van der Waals surface area contributed by atoms with E-state index in [1.807, 2.05) is 0 Å². The van der Waals surface area contributed by atoms with Crippen molar-refractivity contribution in [1.82, 2.24) is 9.97 Å². The Morgan fingerprint density at radius 1 is 1.50 bits per heavy atom. The van der Waals surface area contributed by atoms with Crippen LogP contribution in [0.5, 0.6) is 0 Å². The molecule has 2 N–H and O–H groups in total. The maximum Gasteiger partial charge on any atom is 0.166 e. The number of fused-ring (bicyclic) bond motifs is 1. The van der Waals surface area contributed by atoms with Crippen molar-refractivity contribution in [2.45, 2.75) is 0 Å². The fourth-order valence-electron chi connectivity index (χ4n) is 1.09. The van der Waals surface area contributed by atoms with Crippen molar-refractivity contribution in [3.05, 3.63) is 29.2 Å². The van der Waals surface area contributed by atoms with Crippen LogP contribution in [0.3, 0.4) is 0 Å². The lowest BCUT2D eigenvalue weighted by Crippen LogP contribution is -1.75. The molecular weight excluding hydrogens is 204 g/mol. The molecule has 0 bridgehead atoms. The number of hydrogen-bond acceptors (Lipinski definition) is 3. The second-order valence-corrected chi connectivity index (χ2v) is 2.82. The highest BCUT2D eigenvalue weighted by atomic mass is 35.5. The van der Waals surface area contributed by atoms with E-state index in [1.165, 1.54) is 0 Å². The van der Waals surface area contributed by atoms with Gasteiger partial charge in [0.15, 0.2) is 6.29 Å². The Balaban J connectivity index is 0.000000461. The Bertz CT molecular complexity index is 439. The molecule has 0 aliphatic heterocycles. The number of hydrogen-bond donors (Lipinski definition) is 2. The quantitative estimate of drug-likeness (QED) is 0.558. The minimum Gasteiger partial charge on any atom is -0.400 e. The molecule has 2 aromatic heterocycles. The van der Waals surface area contributed by atoms with Crippen molar-refractivity contribution < 1.29 is 9.90 Å². The maximum atomic E-state index is 10.4. The van der Waals surface area contributed by atoms with Gasteiger partial charge in [0, 0.05) is 12.5 Å². The number of aromatic amines is 1. The zero-order chi connectivity index (χ0) is 10.6. The number of carbonyl (C=O) groups is 1. The SMILES string of the molecule is CO.O=Cc1cc2cc(Cl)ncc2[nH]1. The third-order valence-electron chi connectivity index (χ3n) is 1.62. The first-order chi connectivity index (χ1) is 6.79. The van der Waals surface area contributed by atoms with Gasteiger partial charge in [-0.2, -0.15) is 0 Å². The van der Waals surface area contributed by atoms with Gasteiger partial charge in [-0.1, -0.05) is 11.6 Å². The van der Waals surface area contributed by atoms with Crippen molar-refractivity contribution in [3.63, 3.8) is 0 Å². The third-order valence-corrected chi connectivity index (χ3v) is 1.83. The third kappa shape index (κ3) is 2.10. The molecule has 0 unspecified atom stereocenters. The lowest BCUT2D eigenvalue weighted by Gasteiger charge is -1.87. The van der Waals surface area contributed by atoms with Crippen molar-refractivity contribution >= 4 is 28.8 Å². The fraction of sp³-hybridized carbons (Fsp3) is 0.111. The number of aliphatic hydroxyl groups is 1. The number of H-pyrrole nitrogens is 1. The molecule has 0 saturated heterocycles. The average Bonchev–Trinajstić information content (AvgIpc) is 2.62. The van der Waals surface area contributed by atoms with Crippen molar-refractivity contribution in [2.75, 3.05) is 7.11 Å². The molecule has 2 aromatic rings. The summed E-state index contributed by atoms with van der Waals surface area (Å²) in [6, 6.07) is 3.44. The van der Waals surface area contributed by atoms with E-state index in [0.29, 0.717) is 10.8 Å². The highest BCUT2D eigenvalue weighted by Crippen LogP contribution is 2.16. The van der Waals surface area contributed by atoms with E-state index in [4.69, 9.17) is 16.7 Å². The number of rotatable bonds is 1. The van der Waals surface area contributed by atoms with Crippen LogP contribution in [0.25, 0.3) is 10.9 Å². The Morgan fingerprint density at radius 3 is 2.86 bits per heavy atom. The van der Waals surface area contributed by atoms with E-state index in [1.54, 1.807) is 18.3 Å². The van der Waals surface area contributed by atoms with Crippen LogP contribution < -0.4 is 0 Å². The van der Waals surface area contributed by atoms with Gasteiger partial charge in [-0.3, -0.25) is 4.79 Å². The standard InChI is InChI=1S/C8H5ClN2O.CH4O/c9-8-2-5-1-6(4-12)11-7(5)3-10-8;1-2/h1-4,11H;2H,1H3. The molecule has 0 atom stereocenters. The van der Waals surface area contributed by atoms with Gasteiger partial charge < -0.3 is 10.1 Å². The van der Waals surface area contributed by atoms with Gasteiger partial charge >= 0.3 is 0 Å². The molecular formula is C9H9ClN2O2. The number of pyridine rings is 1. The van der Waals surface area contributed by atoms with E-state index in [0.717, 1.165) is 24.3 Å². The number of nitrogens with one attached hydrogen (secondary N) is 1. The summed E-state index contributed by atoms with van der Waals surface area (Å²) < 4.78 is 0. The van der Waals surface area contributed by atoms with Crippen LogP contribution in [-0.4, -0.2) is 28.5 Å². The van der Waals surface area contributed by atoms with E-state index >= 15 is 0 Å². The zero-order valence-corrected chi connectivity index (χ0v) is 8.25. The van der Waals surface area contributed by atoms with Gasteiger partial charge in [0.05, 0.1) is 17.4 Å². The van der Waals surface area contributed by atoms with Gasteiger partial charge in [-0.15, -0.1) is 0 Å². The summed E-state index contributed by atoms with van der Waals surface area (Å²) in [7, 11) is 1.00. The normalized spacial score (nSPS) is 9.36. The second-order valence-electron chi connectivity index (χ2n) is 2.44. The first-order valence-electron chi connectivity index (χ1n) is 3.84. The number of nitrogens with zero attached hydrogens (tertiary/aromatic N) is 1. The fourth-order valence-corrected chi connectivity index (χ4v) is 1.26. The van der Waals surface area contributed by atoms with Crippen molar-refractivity contribution in [1.29, 1.82) is 0 Å². The molecule has 2 heterocycles. The molecule has 0 radical (unpaired) electrons. The summed E-state index contributed by atoms with van der Waals surface area (Å²) in [6.07, 6.45) is 2.36. The molecule has 0 aliphatic rings. The molecule has 5 heteroatoms. The summed E-state index contributed by atoms with van der Waals surface area (Å²) in [4.78, 5) is 17.1. The topological polar surface area (TPSA) is 66.0 Å². The van der Waals surface area contributed by atoms with Crippen LogP contribution in [0.1, 0.15) is 10.5 Å². The molecule has 0 fully saturated rings. The molecule has 0 saturated carbocycles. The Morgan fingerprint density at radius 2 is 2.21 bits per heavy atom. The van der Waals surface area contributed by atoms with Gasteiger partial charge in [0.1, 0.15) is 5.15 Å². The largest absolute Gasteiger partial charge is 0.400 e. The highest BCUT2D eigenvalue weighted by molar-refractivity contribution is 6.30. The second kappa shape index (κ2) is 4.74. The Kier molecular flexibility index (Phi) is 3.62. The Labute approximate surface area is 85.5 Å². The number of aldehydes is 1. The monoisotopic (exact) mass is 212 g/mol. The van der Waals surface area contributed by atoms with Gasteiger partial charge in [0.25, 0.3) is 0 Å². The summed E-state index contributed by atoms with van der Waals surface area (Å²) >= 11 is 5.66. The van der Waals surface area contributed by atoms with Gasteiger partial charge in [-0.05, 0) is 12.1 Å². The Hall–Kier alpha value is -1.39. The number of halogens is 1. The lowest BCUT2D eigenvalue weighted by atomic mass is 10.3. The number of aliphatic hydroxyl groups excluding tert-OH is 1. The molecule has 0 aromatic carbocycles. The van der Waals surface area contributed by atoms with E-state index in [2.05, 4.69) is 9.97 Å². The average molecular weight is 213 g/mol. The first-order valence-corrected chi connectivity index (χ1v) is 4.21. The molecule has 4 nitrogen and oxygen atoms in total. The first kappa shape index (κ1) is 10.7. The predicted molar refractivity (Wildman–Crippen MR) is 54.6 cm³/mol. The molecule has 14 heavy (non-hydrogen) atoms. The molecule has 0 amide bonds. The van der Waals surface area contributed by atoms with Crippen LogP contribution in [-0.2, 0) is 0 Å². The van der Waals surface area contributed by atoms with Crippen LogP contribution in [0, 0.1) is 0 Å². The molecule has 0 aliphatic carbocycles. The number of carbonyl (C=O) groups excluding carboxylic acids is 1. The highest BCUT2D eigenvalue weighted by Gasteiger charge is 1.99. The maximum absolute atomic E-state index is 10.4. The van der Waals surface area contributed by atoms with Crippen LogP contribution in [0.2, 0.25) is 5.15 Å². The minimum atomic E-state index is 0.430. The molecule has 2 rings (SSSR count). The van der Waals surface area contributed by atoms with Crippen LogP contribution in [0.4, 0.5) is 0 Å². The summed E-state index contributed by atoms with van der Waals surface area (Å²) in [6.45, 7) is 0. The van der Waals surface area contributed by atoms with E-state index in [-0.39, 0.29) is 0 Å². The van der Waals surface area contributed by atoms with E-state index in [9.17, 15) is 4.79 Å². The summed E-state index contributed by atoms with van der Waals surface area (Å²) in [5.74, 6) is 0. The summed E-state index contributed by atoms with van der Waals surface area (Å²) in [5, 5.41) is 8.33. The molecule has 74 valence electrons. The molecule has 0 spiro atoms. The lowest BCUT2D eigenvalue weighted by molar-refractivity contribution is 0.112. The van der Waals surface area contributed by atoms with Gasteiger partial charge in [-0.25, -0.2) is 4.98 Å². The van der Waals surface area contributed by atoms with Gasteiger partial charge in [0.2, 0.25) is 0 Å². The van der Waals surface area contributed by atoms with Crippen LogP contribution >= 0.6 is 11.6 Å². The number of aromatic nitrogens is 2. The minimum absolute atomic E-state index is 0.430. The van der Waals surface area contributed by atoms with Crippen LogP contribution in [0.15, 0.2) is 18.3 Å². The van der Waals surface area contributed by atoms with E-state index < -0.39 is 0 Å². The summed E-state index contributed by atoms with van der Waals surface area (Å²) in [5.41, 5.74) is 1.36. The van der Waals surface area contributed by atoms with Crippen molar-refractivity contribution in [3.8, 4) is 0 Å². The smallest absolute Gasteiger partial charge is 0.166 e.